The van der Waals surface area contributed by atoms with Crippen LogP contribution in [0.4, 0.5) is 0 Å². The van der Waals surface area contributed by atoms with E-state index >= 15 is 0 Å². The number of carbonyl (C=O) groups is 3. The molecule has 0 radical (unpaired) electrons. The highest BCUT2D eigenvalue weighted by molar-refractivity contribution is 7.09. The monoisotopic (exact) mass is 636 g/mol. The summed E-state index contributed by atoms with van der Waals surface area (Å²) in [5.41, 5.74) is 2.35. The first kappa shape index (κ1) is 33.4. The normalized spacial score (nSPS) is 12.6. The fourth-order valence-electron chi connectivity index (χ4n) is 5.01. The maximum absolute atomic E-state index is 13.8. The van der Waals surface area contributed by atoms with Crippen LogP contribution >= 0.6 is 11.3 Å². The van der Waals surface area contributed by atoms with Crippen LogP contribution < -0.4 is 19.5 Å². The lowest BCUT2D eigenvalue weighted by Gasteiger charge is -2.26. The molecule has 240 valence electrons. The molecule has 4 rings (SSSR count). The molecule has 0 unspecified atom stereocenters. The molecular formula is C33H40N4O7S. The third-order valence-corrected chi connectivity index (χ3v) is 8.11. The predicted octanol–water partition coefficient (Wildman–Crippen LogP) is 5.09. The first-order valence-corrected chi connectivity index (χ1v) is 15.7. The van der Waals surface area contributed by atoms with Crippen LogP contribution in [0.1, 0.15) is 83.0 Å². The fraction of sp³-hybridized carbons (Fsp3) is 0.424. The van der Waals surface area contributed by atoms with E-state index in [1.165, 1.54) is 7.05 Å². The van der Waals surface area contributed by atoms with Crippen LogP contribution in [0.25, 0.3) is 0 Å². The summed E-state index contributed by atoms with van der Waals surface area (Å²) in [6.45, 7) is 8.71. The number of carboxylic acid groups (broad SMARTS) is 1. The average Bonchev–Trinajstić information content (AvgIpc) is 3.61. The molecule has 3 aromatic rings. The maximum atomic E-state index is 13.8. The van der Waals surface area contributed by atoms with E-state index < -0.39 is 11.4 Å². The highest BCUT2D eigenvalue weighted by atomic mass is 32.1. The van der Waals surface area contributed by atoms with Gasteiger partial charge in [-0.1, -0.05) is 20.8 Å². The molecule has 2 heterocycles. The number of ether oxygens (including phenoxy) is 3. The van der Waals surface area contributed by atoms with Gasteiger partial charge in [-0.2, -0.15) is 0 Å². The Bertz CT molecular complexity index is 1560. The van der Waals surface area contributed by atoms with Gasteiger partial charge in [-0.3, -0.25) is 19.8 Å². The Balaban J connectivity index is 1.61. The number of thiazole rings is 1. The van der Waals surface area contributed by atoms with Crippen LogP contribution in [0, 0.1) is 5.41 Å². The number of amides is 1. The zero-order chi connectivity index (χ0) is 32.7. The predicted molar refractivity (Wildman–Crippen MR) is 171 cm³/mol. The molecule has 11 nitrogen and oxygen atoms in total. The van der Waals surface area contributed by atoms with Gasteiger partial charge in [0.05, 0.1) is 43.4 Å². The topological polar surface area (TPSA) is 151 Å². The minimum absolute atomic E-state index is 0.0494. The van der Waals surface area contributed by atoms with Crippen LogP contribution in [0.15, 0.2) is 35.8 Å². The van der Waals surface area contributed by atoms with Crippen molar-refractivity contribution < 1.29 is 33.7 Å². The second-order valence-corrected chi connectivity index (χ2v) is 12.6. The molecule has 1 aliphatic rings. The number of carboxylic acids is 1. The van der Waals surface area contributed by atoms with E-state index in [1.54, 1.807) is 46.7 Å². The van der Waals surface area contributed by atoms with Crippen LogP contribution in [-0.2, 0) is 23.2 Å². The summed E-state index contributed by atoms with van der Waals surface area (Å²) in [5, 5.41) is 23.5. The van der Waals surface area contributed by atoms with E-state index in [9.17, 15) is 19.5 Å². The average molecular weight is 637 g/mol. The zero-order valence-electron chi connectivity index (χ0n) is 26.3. The first-order chi connectivity index (χ1) is 21.4. The molecule has 0 bridgehead atoms. The highest BCUT2D eigenvalue weighted by Crippen LogP contribution is 2.41. The summed E-state index contributed by atoms with van der Waals surface area (Å²) < 4.78 is 17.9. The number of nitrogens with one attached hydrogen (secondary N) is 2. The molecular weight excluding hydrogens is 596 g/mol. The Hall–Kier alpha value is -4.45. The van der Waals surface area contributed by atoms with Gasteiger partial charge in [0.1, 0.15) is 11.6 Å². The minimum Gasteiger partial charge on any atom is -0.493 e. The van der Waals surface area contributed by atoms with Gasteiger partial charge in [0.15, 0.2) is 17.3 Å². The zero-order valence-corrected chi connectivity index (χ0v) is 27.1. The summed E-state index contributed by atoms with van der Waals surface area (Å²) >= 11 is 1.57. The van der Waals surface area contributed by atoms with E-state index in [0.717, 1.165) is 17.0 Å². The maximum Gasteiger partial charge on any atom is 0.306 e. The van der Waals surface area contributed by atoms with E-state index in [4.69, 9.17) is 19.6 Å². The third kappa shape index (κ3) is 8.18. The standard InChI is InChI=1S/C33H40N4O7S/c1-6-42-26-16-21-18-37(31(34)22(21)17-23(26)32(41)35-5)19-25(38)20-14-24(33(2,3)4)30(44-12-9-29(39)40)27(15-20)43-11-7-8-28-36-10-13-45-28/h10,13-17,34H,6-9,11-12,18-19H2,1-5H3,(H,35,41)(H,39,40). The number of rotatable bonds is 15. The lowest BCUT2D eigenvalue weighted by atomic mass is 9.84. The number of hydrogen-bond acceptors (Lipinski definition) is 9. The number of aromatic nitrogens is 1. The second kappa shape index (κ2) is 14.6. The Morgan fingerprint density at radius 3 is 2.51 bits per heavy atom. The molecule has 0 saturated heterocycles. The van der Waals surface area contributed by atoms with Gasteiger partial charge in [0.2, 0.25) is 0 Å². The lowest BCUT2D eigenvalue weighted by molar-refractivity contribution is -0.137. The molecule has 0 aliphatic carbocycles. The highest BCUT2D eigenvalue weighted by Gasteiger charge is 2.31. The number of hydrogen-bond donors (Lipinski definition) is 3. The lowest BCUT2D eigenvalue weighted by Crippen LogP contribution is -2.30. The fourth-order valence-corrected chi connectivity index (χ4v) is 5.68. The van der Waals surface area contributed by atoms with E-state index in [-0.39, 0.29) is 37.1 Å². The molecule has 0 atom stereocenters. The molecule has 12 heteroatoms. The van der Waals surface area contributed by atoms with Crippen LogP contribution in [0.2, 0.25) is 0 Å². The second-order valence-electron chi connectivity index (χ2n) is 11.6. The number of carbonyl (C=O) groups excluding carboxylic acids is 2. The van der Waals surface area contributed by atoms with Crippen molar-refractivity contribution in [1.82, 2.24) is 15.2 Å². The van der Waals surface area contributed by atoms with Crippen molar-refractivity contribution >= 4 is 34.8 Å². The quantitative estimate of drug-likeness (QED) is 0.153. The van der Waals surface area contributed by atoms with Gasteiger partial charge in [0.25, 0.3) is 5.91 Å². The molecule has 45 heavy (non-hydrogen) atoms. The van der Waals surface area contributed by atoms with Gasteiger partial charge >= 0.3 is 5.97 Å². The van der Waals surface area contributed by atoms with Crippen molar-refractivity contribution in [3.63, 3.8) is 0 Å². The summed E-state index contributed by atoms with van der Waals surface area (Å²) in [6.07, 6.45) is 3.01. The van der Waals surface area contributed by atoms with Crippen molar-refractivity contribution in [1.29, 1.82) is 5.41 Å². The number of ketones is 1. The molecule has 2 aromatic carbocycles. The molecule has 1 aromatic heterocycles. The molecule has 0 saturated carbocycles. The minimum atomic E-state index is -0.977. The third-order valence-electron chi connectivity index (χ3n) is 7.27. The van der Waals surface area contributed by atoms with Gasteiger partial charge in [-0.15, -0.1) is 11.3 Å². The SMILES string of the molecule is CCOc1cc2c(cc1C(=O)NC)C(=N)N(CC(=O)c1cc(OCCCc3nccs3)c(OCCC(=O)O)c(C(C)(C)C)c1)C2. The molecule has 0 fully saturated rings. The van der Waals surface area contributed by atoms with E-state index in [2.05, 4.69) is 10.3 Å². The van der Waals surface area contributed by atoms with Gasteiger partial charge < -0.3 is 29.5 Å². The van der Waals surface area contributed by atoms with Gasteiger partial charge in [-0.05, 0) is 48.6 Å². The number of aliphatic carboxylic acids is 1. The molecule has 1 amide bonds. The smallest absolute Gasteiger partial charge is 0.306 e. The number of amidine groups is 1. The summed E-state index contributed by atoms with van der Waals surface area (Å²) in [7, 11) is 1.54. The molecule has 1 aliphatic heterocycles. The van der Waals surface area contributed by atoms with Crippen LogP contribution in [-0.4, -0.2) is 71.9 Å². The largest absolute Gasteiger partial charge is 0.493 e. The summed E-state index contributed by atoms with van der Waals surface area (Å²) in [6, 6.07) is 6.82. The molecule has 3 N–H and O–H groups in total. The van der Waals surface area contributed by atoms with E-state index in [1.807, 2.05) is 33.1 Å². The van der Waals surface area contributed by atoms with Gasteiger partial charge in [0, 0.05) is 48.3 Å². The van der Waals surface area contributed by atoms with Crippen LogP contribution in [0.5, 0.6) is 17.2 Å². The number of Topliss-reactive ketones (excluding diaryl/α,β-unsaturated/α-hetero) is 1. The van der Waals surface area contributed by atoms with Crippen molar-refractivity contribution in [2.75, 3.05) is 33.4 Å². The molecule has 0 spiro atoms. The Morgan fingerprint density at radius 2 is 1.87 bits per heavy atom. The summed E-state index contributed by atoms with van der Waals surface area (Å²) in [4.78, 5) is 43.5. The Morgan fingerprint density at radius 1 is 1.09 bits per heavy atom. The number of nitrogens with zero attached hydrogens (tertiary/aromatic N) is 2. The van der Waals surface area contributed by atoms with Crippen molar-refractivity contribution in [2.24, 2.45) is 0 Å². The Kier molecular flexibility index (Phi) is 10.8. The van der Waals surface area contributed by atoms with Crippen molar-refractivity contribution in [3.8, 4) is 17.2 Å². The summed E-state index contributed by atoms with van der Waals surface area (Å²) in [5.74, 6) is -0.151. The number of aryl methyl sites for hydroxylation is 1. The van der Waals surface area contributed by atoms with Gasteiger partial charge in [-0.25, -0.2) is 4.98 Å². The van der Waals surface area contributed by atoms with Crippen molar-refractivity contribution in [2.45, 2.75) is 58.9 Å². The first-order valence-electron chi connectivity index (χ1n) is 14.9. The van der Waals surface area contributed by atoms with Crippen molar-refractivity contribution in [3.05, 3.63) is 68.7 Å². The number of fused-ring (bicyclic) bond motifs is 1. The Labute approximate surface area is 267 Å². The van der Waals surface area contributed by atoms with E-state index in [0.29, 0.717) is 65.7 Å². The number of benzene rings is 2. The van der Waals surface area contributed by atoms with Crippen LogP contribution in [0.3, 0.4) is 0 Å².